The minimum atomic E-state index is -4.09. The van der Waals surface area contributed by atoms with Gasteiger partial charge in [-0.1, -0.05) is 0 Å². The molecule has 0 saturated carbocycles. The predicted molar refractivity (Wildman–Crippen MR) is 69.1 cm³/mol. The van der Waals surface area contributed by atoms with Gasteiger partial charge in [-0.3, -0.25) is 4.90 Å². The van der Waals surface area contributed by atoms with Crippen LogP contribution in [0.3, 0.4) is 0 Å². The Hall–Kier alpha value is -0.660. The lowest BCUT2D eigenvalue weighted by molar-refractivity contribution is -0.143. The van der Waals surface area contributed by atoms with Gasteiger partial charge >= 0.3 is 6.18 Å². The molecule has 1 saturated heterocycles. The minimum Gasteiger partial charge on any atom is -0.309 e. The molecule has 19 heavy (non-hydrogen) atoms. The third-order valence-electron chi connectivity index (χ3n) is 3.38. The highest BCUT2D eigenvalue weighted by atomic mass is 32.1. The zero-order valence-electron chi connectivity index (χ0n) is 10.8. The zero-order valence-corrected chi connectivity index (χ0v) is 11.6. The van der Waals surface area contributed by atoms with Gasteiger partial charge in [-0.2, -0.15) is 13.2 Å². The number of nitrogens with one attached hydrogen (secondary N) is 1. The van der Waals surface area contributed by atoms with Crippen LogP contribution in [0, 0.1) is 5.92 Å². The Morgan fingerprint density at radius 3 is 3.00 bits per heavy atom. The highest BCUT2D eigenvalue weighted by Gasteiger charge is 2.34. The highest BCUT2D eigenvalue weighted by Crippen LogP contribution is 2.23. The minimum absolute atomic E-state index is 0.155. The summed E-state index contributed by atoms with van der Waals surface area (Å²) in [5.74, 6) is 0.295. The van der Waals surface area contributed by atoms with E-state index in [2.05, 4.69) is 10.3 Å². The van der Waals surface area contributed by atoms with Gasteiger partial charge in [0.25, 0.3) is 0 Å². The average molecular weight is 293 g/mol. The summed E-state index contributed by atoms with van der Waals surface area (Å²) in [5, 5.41) is 5.33. The molecule has 0 aliphatic carbocycles. The Kier molecular flexibility index (Phi) is 4.81. The second-order valence-electron chi connectivity index (χ2n) is 5.05. The molecule has 2 unspecified atom stereocenters. The van der Waals surface area contributed by atoms with E-state index in [0.717, 1.165) is 18.7 Å². The normalized spacial score (nSPS) is 22.8. The maximum absolute atomic E-state index is 12.3. The summed E-state index contributed by atoms with van der Waals surface area (Å²) in [7, 11) is 0. The van der Waals surface area contributed by atoms with Gasteiger partial charge < -0.3 is 5.32 Å². The molecule has 108 valence electrons. The van der Waals surface area contributed by atoms with Crippen molar-refractivity contribution in [2.45, 2.75) is 25.6 Å². The molecule has 0 aromatic carbocycles. The smallest absolute Gasteiger partial charge is 0.309 e. The lowest BCUT2D eigenvalue weighted by atomic mass is 10.1. The Labute approximate surface area is 114 Å². The quantitative estimate of drug-likeness (QED) is 0.904. The Bertz CT molecular complexity index is 380. The summed E-state index contributed by atoms with van der Waals surface area (Å²) < 4.78 is 36.8. The summed E-state index contributed by atoms with van der Waals surface area (Å²) in [6, 6.07) is 0.155. The van der Waals surface area contributed by atoms with Gasteiger partial charge in [-0.25, -0.2) is 4.98 Å². The molecule has 1 N–H and O–H groups in total. The zero-order chi connectivity index (χ0) is 13.9. The highest BCUT2D eigenvalue weighted by molar-refractivity contribution is 7.07. The summed E-state index contributed by atoms with van der Waals surface area (Å²) in [5.41, 5.74) is 2.78. The van der Waals surface area contributed by atoms with E-state index in [4.69, 9.17) is 0 Å². The van der Waals surface area contributed by atoms with Crippen molar-refractivity contribution >= 4 is 11.3 Å². The topological polar surface area (TPSA) is 28.2 Å². The van der Waals surface area contributed by atoms with Crippen molar-refractivity contribution in [3.05, 3.63) is 16.6 Å². The van der Waals surface area contributed by atoms with Gasteiger partial charge in [-0.05, 0) is 32.4 Å². The van der Waals surface area contributed by atoms with Gasteiger partial charge in [0.05, 0.1) is 17.7 Å². The first-order chi connectivity index (χ1) is 8.94. The molecule has 3 nitrogen and oxygen atoms in total. The summed E-state index contributed by atoms with van der Waals surface area (Å²) in [6.07, 6.45) is -3.26. The van der Waals surface area contributed by atoms with Crippen molar-refractivity contribution < 1.29 is 13.2 Å². The first-order valence-corrected chi connectivity index (χ1v) is 7.29. The van der Waals surface area contributed by atoms with Crippen LogP contribution in [-0.4, -0.2) is 42.2 Å². The fourth-order valence-electron chi connectivity index (χ4n) is 2.36. The Balaban J connectivity index is 1.71. The number of hydrogen-bond acceptors (Lipinski definition) is 4. The number of rotatable bonds is 5. The number of thiazole rings is 1. The number of halogens is 3. The van der Waals surface area contributed by atoms with E-state index in [1.807, 2.05) is 12.3 Å². The van der Waals surface area contributed by atoms with Gasteiger partial charge in [0.2, 0.25) is 0 Å². The van der Waals surface area contributed by atoms with Crippen LogP contribution in [0.4, 0.5) is 13.2 Å². The van der Waals surface area contributed by atoms with Crippen molar-refractivity contribution in [1.82, 2.24) is 15.2 Å². The number of hydrogen-bond donors (Lipinski definition) is 1. The van der Waals surface area contributed by atoms with Crippen molar-refractivity contribution in [3.63, 3.8) is 0 Å². The number of likely N-dealkylation sites (tertiary alicyclic amines) is 1. The molecule has 2 rings (SSSR count). The van der Waals surface area contributed by atoms with E-state index in [1.54, 1.807) is 16.8 Å². The SMILES string of the molecule is CC(NCC1CCN(CC(F)(F)F)C1)c1cscn1. The van der Waals surface area contributed by atoms with Crippen LogP contribution in [-0.2, 0) is 0 Å². The third kappa shape index (κ3) is 4.74. The number of aromatic nitrogens is 1. The van der Waals surface area contributed by atoms with Crippen LogP contribution < -0.4 is 5.32 Å². The van der Waals surface area contributed by atoms with E-state index in [-0.39, 0.29) is 6.04 Å². The second-order valence-corrected chi connectivity index (χ2v) is 5.77. The van der Waals surface area contributed by atoms with Crippen molar-refractivity contribution in [3.8, 4) is 0 Å². The first-order valence-electron chi connectivity index (χ1n) is 6.34. The van der Waals surface area contributed by atoms with E-state index >= 15 is 0 Å². The monoisotopic (exact) mass is 293 g/mol. The van der Waals surface area contributed by atoms with Gasteiger partial charge in [-0.15, -0.1) is 11.3 Å². The third-order valence-corrected chi connectivity index (χ3v) is 3.99. The lowest BCUT2D eigenvalue weighted by Gasteiger charge is -2.19. The van der Waals surface area contributed by atoms with E-state index in [1.165, 1.54) is 4.90 Å². The molecular weight excluding hydrogens is 275 g/mol. The first kappa shape index (κ1) is 14.7. The number of alkyl halides is 3. The van der Waals surface area contributed by atoms with Crippen LogP contribution in [0.2, 0.25) is 0 Å². The largest absolute Gasteiger partial charge is 0.401 e. The fraction of sp³-hybridized carbons (Fsp3) is 0.750. The molecule has 0 bridgehead atoms. The molecule has 0 radical (unpaired) electrons. The van der Waals surface area contributed by atoms with Crippen LogP contribution >= 0.6 is 11.3 Å². The van der Waals surface area contributed by atoms with Crippen LogP contribution in [0.5, 0.6) is 0 Å². The Morgan fingerprint density at radius 1 is 1.58 bits per heavy atom. The molecule has 1 aliphatic heterocycles. The fourth-order valence-corrected chi connectivity index (χ4v) is 3.01. The molecule has 1 aromatic rings. The molecule has 2 heterocycles. The van der Waals surface area contributed by atoms with E-state index < -0.39 is 12.7 Å². The van der Waals surface area contributed by atoms with E-state index in [9.17, 15) is 13.2 Å². The standard InChI is InChI=1S/C12H18F3N3S/c1-9(11-6-19-8-17-11)16-4-10-2-3-18(5-10)7-12(13,14)15/h6,8-10,16H,2-5,7H2,1H3. The Morgan fingerprint density at radius 2 is 2.37 bits per heavy atom. The van der Waals surface area contributed by atoms with Gasteiger partial charge in [0.1, 0.15) is 0 Å². The number of nitrogens with zero attached hydrogens (tertiary/aromatic N) is 2. The molecule has 2 atom stereocenters. The summed E-state index contributed by atoms with van der Waals surface area (Å²) >= 11 is 1.55. The van der Waals surface area contributed by atoms with Crippen molar-refractivity contribution in [2.24, 2.45) is 5.92 Å². The van der Waals surface area contributed by atoms with Crippen molar-refractivity contribution in [1.29, 1.82) is 0 Å². The van der Waals surface area contributed by atoms with Crippen LogP contribution in [0.1, 0.15) is 25.1 Å². The van der Waals surface area contributed by atoms with E-state index in [0.29, 0.717) is 19.0 Å². The molecule has 1 fully saturated rings. The predicted octanol–water partition coefficient (Wildman–Crippen LogP) is 2.68. The molecule has 1 aliphatic rings. The molecule has 0 spiro atoms. The van der Waals surface area contributed by atoms with Crippen LogP contribution in [0.25, 0.3) is 0 Å². The molecule has 7 heteroatoms. The maximum atomic E-state index is 12.3. The van der Waals surface area contributed by atoms with Crippen molar-refractivity contribution in [2.75, 3.05) is 26.2 Å². The van der Waals surface area contributed by atoms with Crippen LogP contribution in [0.15, 0.2) is 10.9 Å². The second kappa shape index (κ2) is 6.19. The molecule has 1 aromatic heterocycles. The van der Waals surface area contributed by atoms with Gasteiger partial charge in [0, 0.05) is 18.0 Å². The summed E-state index contributed by atoms with van der Waals surface area (Å²) in [6.45, 7) is 3.04. The average Bonchev–Trinajstić information content (AvgIpc) is 2.94. The molecule has 0 amide bonds. The maximum Gasteiger partial charge on any atom is 0.401 e. The molecular formula is C12H18F3N3S. The summed E-state index contributed by atoms with van der Waals surface area (Å²) in [4.78, 5) is 5.71. The van der Waals surface area contributed by atoms with Gasteiger partial charge in [0.15, 0.2) is 0 Å². The lowest BCUT2D eigenvalue weighted by Crippen LogP contribution is -2.34.